The van der Waals surface area contributed by atoms with Crippen molar-refractivity contribution in [3.05, 3.63) is 0 Å². The van der Waals surface area contributed by atoms with Gasteiger partial charge < -0.3 is 10.1 Å². The maximum atomic E-state index is 12.0. The second-order valence-electron chi connectivity index (χ2n) is 3.82. The number of nitrogens with zero attached hydrogens (tertiary/aromatic N) is 2. The molecule has 7 heteroatoms. The quantitative estimate of drug-likeness (QED) is 0.642. The van der Waals surface area contributed by atoms with Crippen LogP contribution < -0.4 is 5.32 Å². The van der Waals surface area contributed by atoms with Gasteiger partial charge in [0.2, 0.25) is 0 Å². The average molecular weight is 235 g/mol. The largest absolute Gasteiger partial charge is 0.383 e. The lowest BCUT2D eigenvalue weighted by atomic mass is 10.2. The highest BCUT2D eigenvalue weighted by Gasteiger charge is 2.42. The van der Waals surface area contributed by atoms with Gasteiger partial charge in [0.25, 0.3) is 10.2 Å². The minimum atomic E-state index is -3.21. The third-order valence-corrected chi connectivity index (χ3v) is 5.00. The molecule has 2 saturated heterocycles. The zero-order valence-electron chi connectivity index (χ0n) is 8.85. The molecule has 0 bridgehead atoms. The number of rotatable bonds is 4. The van der Waals surface area contributed by atoms with Gasteiger partial charge in [-0.1, -0.05) is 0 Å². The Morgan fingerprint density at radius 3 is 2.67 bits per heavy atom. The van der Waals surface area contributed by atoms with E-state index in [0.29, 0.717) is 26.2 Å². The molecule has 6 nitrogen and oxygen atoms in total. The van der Waals surface area contributed by atoms with Crippen molar-refractivity contribution >= 4 is 10.2 Å². The molecule has 1 N–H and O–H groups in total. The van der Waals surface area contributed by atoms with E-state index < -0.39 is 10.2 Å². The molecule has 0 atom stereocenters. The van der Waals surface area contributed by atoms with Gasteiger partial charge in [0.15, 0.2) is 0 Å². The smallest absolute Gasteiger partial charge is 0.282 e. The Kier molecular flexibility index (Phi) is 3.27. The Balaban J connectivity index is 2.00. The molecule has 0 spiro atoms. The molecule has 0 aromatic heterocycles. The van der Waals surface area contributed by atoms with E-state index in [-0.39, 0.29) is 6.04 Å². The van der Waals surface area contributed by atoms with Crippen LogP contribution >= 0.6 is 0 Å². The molecule has 0 aliphatic carbocycles. The van der Waals surface area contributed by atoms with Crippen LogP contribution in [0.15, 0.2) is 0 Å². The highest BCUT2D eigenvalue weighted by atomic mass is 32.2. The predicted molar refractivity (Wildman–Crippen MR) is 55.7 cm³/mol. The second kappa shape index (κ2) is 4.34. The summed E-state index contributed by atoms with van der Waals surface area (Å²) in [5.41, 5.74) is 0. The van der Waals surface area contributed by atoms with Gasteiger partial charge in [-0.3, -0.25) is 0 Å². The Morgan fingerprint density at radius 2 is 2.13 bits per heavy atom. The van der Waals surface area contributed by atoms with E-state index in [9.17, 15) is 8.42 Å². The standard InChI is InChI=1S/C8H17N3O3S/c1-14-5-4-10-2-3-11(15(10,12)13)8-6-9-7-8/h8-9H,2-7H2,1H3. The van der Waals surface area contributed by atoms with Crippen molar-refractivity contribution in [2.45, 2.75) is 6.04 Å². The highest BCUT2D eigenvalue weighted by molar-refractivity contribution is 7.87. The summed E-state index contributed by atoms with van der Waals surface area (Å²) in [6, 6.07) is 0.155. The molecular weight excluding hydrogens is 218 g/mol. The van der Waals surface area contributed by atoms with E-state index in [4.69, 9.17) is 4.74 Å². The first-order valence-electron chi connectivity index (χ1n) is 5.13. The first-order chi connectivity index (χ1) is 7.16. The summed E-state index contributed by atoms with van der Waals surface area (Å²) in [6.07, 6.45) is 0. The van der Waals surface area contributed by atoms with Crippen LogP contribution in [0.1, 0.15) is 0 Å². The van der Waals surface area contributed by atoms with E-state index >= 15 is 0 Å². The van der Waals surface area contributed by atoms with Gasteiger partial charge in [0.05, 0.1) is 12.6 Å². The lowest BCUT2D eigenvalue weighted by Crippen LogP contribution is -2.58. The Morgan fingerprint density at radius 1 is 1.40 bits per heavy atom. The van der Waals surface area contributed by atoms with Crippen LogP contribution in [-0.2, 0) is 14.9 Å². The molecule has 2 fully saturated rings. The average Bonchev–Trinajstić information content (AvgIpc) is 2.38. The summed E-state index contributed by atoms with van der Waals surface area (Å²) in [4.78, 5) is 0. The van der Waals surface area contributed by atoms with Crippen LogP contribution in [0.25, 0.3) is 0 Å². The molecule has 0 unspecified atom stereocenters. The van der Waals surface area contributed by atoms with E-state index in [1.165, 1.54) is 4.31 Å². The molecule has 0 saturated carbocycles. The topological polar surface area (TPSA) is 61.9 Å². The van der Waals surface area contributed by atoms with Gasteiger partial charge in [-0.2, -0.15) is 17.0 Å². The second-order valence-corrected chi connectivity index (χ2v) is 5.70. The fourth-order valence-corrected chi connectivity index (χ4v) is 3.61. The summed E-state index contributed by atoms with van der Waals surface area (Å²) in [5.74, 6) is 0. The molecule has 2 rings (SSSR count). The SMILES string of the molecule is COCCN1CCN(C2CNC2)S1(=O)=O. The highest BCUT2D eigenvalue weighted by Crippen LogP contribution is 2.20. The molecule has 88 valence electrons. The molecule has 2 aliphatic heterocycles. The number of hydrogen-bond donors (Lipinski definition) is 1. The molecular formula is C8H17N3O3S. The Bertz CT molecular complexity index is 315. The van der Waals surface area contributed by atoms with Crippen molar-refractivity contribution in [3.8, 4) is 0 Å². The zero-order valence-corrected chi connectivity index (χ0v) is 9.66. The molecule has 0 amide bonds. The molecule has 0 radical (unpaired) electrons. The minimum absolute atomic E-state index is 0.155. The van der Waals surface area contributed by atoms with Gasteiger partial charge in [-0.15, -0.1) is 0 Å². The van der Waals surface area contributed by atoms with Crippen LogP contribution in [0.2, 0.25) is 0 Å². The van der Waals surface area contributed by atoms with Crippen molar-refractivity contribution in [1.82, 2.24) is 13.9 Å². The normalized spacial score (nSPS) is 28.1. The van der Waals surface area contributed by atoms with E-state index in [1.807, 2.05) is 0 Å². The third kappa shape index (κ3) is 2.02. The third-order valence-electron chi connectivity index (χ3n) is 2.90. The summed E-state index contributed by atoms with van der Waals surface area (Å²) >= 11 is 0. The minimum Gasteiger partial charge on any atom is -0.383 e. The van der Waals surface area contributed by atoms with Gasteiger partial charge in [-0.25, -0.2) is 0 Å². The van der Waals surface area contributed by atoms with Crippen molar-refractivity contribution in [2.24, 2.45) is 0 Å². The summed E-state index contributed by atoms with van der Waals surface area (Å²) in [7, 11) is -1.63. The number of hydrogen-bond acceptors (Lipinski definition) is 4. The predicted octanol–water partition coefficient (Wildman–Crippen LogP) is -1.53. The van der Waals surface area contributed by atoms with Gasteiger partial charge >= 0.3 is 0 Å². The zero-order chi connectivity index (χ0) is 10.9. The maximum Gasteiger partial charge on any atom is 0.282 e. The van der Waals surface area contributed by atoms with Crippen LogP contribution in [0.3, 0.4) is 0 Å². The number of ether oxygens (including phenoxy) is 1. The van der Waals surface area contributed by atoms with E-state index in [0.717, 1.165) is 13.1 Å². The van der Waals surface area contributed by atoms with Crippen LogP contribution in [0.5, 0.6) is 0 Å². The van der Waals surface area contributed by atoms with Gasteiger partial charge in [-0.05, 0) is 0 Å². The summed E-state index contributed by atoms with van der Waals surface area (Å²) in [5, 5.41) is 3.08. The Labute approximate surface area is 90.4 Å². The number of methoxy groups -OCH3 is 1. The lowest BCUT2D eigenvalue weighted by Gasteiger charge is -2.34. The number of nitrogens with one attached hydrogen (secondary N) is 1. The van der Waals surface area contributed by atoms with Crippen LogP contribution in [-0.4, -0.2) is 69.5 Å². The van der Waals surface area contributed by atoms with Crippen molar-refractivity contribution in [1.29, 1.82) is 0 Å². The molecule has 0 aromatic carbocycles. The Hall–Kier alpha value is -0.210. The molecule has 2 aliphatic rings. The fraction of sp³-hybridized carbons (Fsp3) is 1.00. The first kappa shape index (κ1) is 11.3. The first-order valence-corrected chi connectivity index (χ1v) is 6.52. The molecule has 2 heterocycles. The monoisotopic (exact) mass is 235 g/mol. The van der Waals surface area contributed by atoms with E-state index in [1.54, 1.807) is 11.4 Å². The fourth-order valence-electron chi connectivity index (χ4n) is 1.86. The van der Waals surface area contributed by atoms with Crippen molar-refractivity contribution in [2.75, 3.05) is 46.4 Å². The van der Waals surface area contributed by atoms with Crippen molar-refractivity contribution < 1.29 is 13.2 Å². The van der Waals surface area contributed by atoms with Crippen molar-refractivity contribution in [3.63, 3.8) is 0 Å². The van der Waals surface area contributed by atoms with E-state index in [2.05, 4.69) is 5.32 Å². The molecule has 0 aromatic rings. The maximum absolute atomic E-state index is 12.0. The van der Waals surface area contributed by atoms with Crippen LogP contribution in [0, 0.1) is 0 Å². The van der Waals surface area contributed by atoms with Gasteiger partial charge in [0, 0.05) is 39.8 Å². The summed E-state index contributed by atoms with van der Waals surface area (Å²) in [6.45, 7) is 3.65. The lowest BCUT2D eigenvalue weighted by molar-refractivity contribution is 0.182. The van der Waals surface area contributed by atoms with Crippen LogP contribution in [0.4, 0.5) is 0 Å². The van der Waals surface area contributed by atoms with Gasteiger partial charge in [0.1, 0.15) is 0 Å². The molecule has 15 heavy (non-hydrogen) atoms. The summed E-state index contributed by atoms with van der Waals surface area (Å²) < 4.78 is 32.0.